The van der Waals surface area contributed by atoms with E-state index in [1.807, 2.05) is 12.1 Å². The van der Waals surface area contributed by atoms with Crippen LogP contribution < -0.4 is 0 Å². The zero-order valence-electron chi connectivity index (χ0n) is 28.9. The highest BCUT2D eigenvalue weighted by atomic mass is 16.3. The van der Waals surface area contributed by atoms with Crippen LogP contribution in [0.3, 0.4) is 0 Å². The lowest BCUT2D eigenvalue weighted by Gasteiger charge is -2.19. The van der Waals surface area contributed by atoms with Crippen molar-refractivity contribution in [2.75, 3.05) is 0 Å². The van der Waals surface area contributed by atoms with E-state index < -0.39 is 0 Å². The Kier molecular flexibility index (Phi) is 7.21. The lowest BCUT2D eigenvalue weighted by atomic mass is 9.87. The first-order valence-corrected chi connectivity index (χ1v) is 18.1. The molecule has 0 atom stereocenters. The molecule has 2 nitrogen and oxygen atoms in total. The molecular weight excluding hydrogens is 631 g/mol. The maximum atomic E-state index is 6.19. The number of rotatable bonds is 4. The number of nitrogens with zero attached hydrogens (tertiary/aromatic N) is 1. The van der Waals surface area contributed by atoms with E-state index in [1.165, 1.54) is 60.2 Å². The van der Waals surface area contributed by atoms with Gasteiger partial charge in [0, 0.05) is 21.9 Å². The normalized spacial score (nSPS) is 17.2. The Morgan fingerprint density at radius 2 is 1.04 bits per heavy atom. The molecule has 10 rings (SSSR count). The summed E-state index contributed by atoms with van der Waals surface area (Å²) in [5.41, 5.74) is 12.3. The highest BCUT2D eigenvalue weighted by Crippen LogP contribution is 2.41. The molecule has 0 saturated carbocycles. The molecule has 0 radical (unpaired) electrons. The molecule has 0 amide bonds. The van der Waals surface area contributed by atoms with Crippen molar-refractivity contribution in [2.45, 2.75) is 19.8 Å². The summed E-state index contributed by atoms with van der Waals surface area (Å²) in [6, 6.07) is 58.9. The maximum absolute atomic E-state index is 6.19. The third kappa shape index (κ3) is 5.07. The highest BCUT2D eigenvalue weighted by molar-refractivity contribution is 6.32. The van der Waals surface area contributed by atoms with Gasteiger partial charge in [-0.2, -0.15) is 0 Å². The van der Waals surface area contributed by atoms with Crippen LogP contribution in [-0.4, -0.2) is 5.71 Å². The quantitative estimate of drug-likeness (QED) is 0.172. The van der Waals surface area contributed by atoms with Crippen LogP contribution in [-0.2, 0) is 0 Å². The van der Waals surface area contributed by atoms with Gasteiger partial charge in [-0.15, -0.1) is 0 Å². The number of benzene rings is 8. The van der Waals surface area contributed by atoms with E-state index in [2.05, 4.69) is 165 Å². The lowest BCUT2D eigenvalue weighted by molar-refractivity contribution is 0.669. The molecule has 8 aromatic carbocycles. The fourth-order valence-electron chi connectivity index (χ4n) is 8.16. The van der Waals surface area contributed by atoms with E-state index in [-0.39, 0.29) is 0 Å². The molecule has 1 aromatic heterocycles. The third-order valence-electron chi connectivity index (χ3n) is 10.8. The minimum absolute atomic E-state index is 0.908. The average molecular weight is 666 g/mol. The summed E-state index contributed by atoms with van der Waals surface area (Å²) in [4.78, 5) is 5.62. The lowest BCUT2D eigenvalue weighted by Crippen LogP contribution is -2.05. The molecule has 9 aromatic rings. The molecule has 0 fully saturated rings. The van der Waals surface area contributed by atoms with Crippen molar-refractivity contribution in [3.63, 3.8) is 0 Å². The Balaban J connectivity index is 1.27. The Bertz CT molecular complexity index is 2940. The van der Waals surface area contributed by atoms with Crippen LogP contribution in [0.15, 0.2) is 185 Å². The molecule has 1 aliphatic rings. The van der Waals surface area contributed by atoms with Crippen molar-refractivity contribution in [1.82, 2.24) is 0 Å². The number of fused-ring (bicyclic) bond motifs is 9. The molecule has 0 bridgehead atoms. The summed E-state index contributed by atoms with van der Waals surface area (Å²) in [6.45, 7) is 2.25. The summed E-state index contributed by atoms with van der Waals surface area (Å²) in [7, 11) is 0. The molecular formula is C50H35NO. The van der Waals surface area contributed by atoms with Gasteiger partial charge in [0.1, 0.15) is 11.2 Å². The van der Waals surface area contributed by atoms with Crippen LogP contribution in [0, 0.1) is 0 Å². The smallest absolute Gasteiger partial charge is 0.135 e. The average Bonchev–Trinajstić information content (AvgIpc) is 3.58. The molecule has 246 valence electrons. The van der Waals surface area contributed by atoms with Gasteiger partial charge in [-0.3, -0.25) is 0 Å². The monoisotopic (exact) mass is 665 g/mol. The van der Waals surface area contributed by atoms with Crippen LogP contribution in [0.1, 0.15) is 36.5 Å². The zero-order chi connectivity index (χ0) is 34.6. The van der Waals surface area contributed by atoms with Gasteiger partial charge in [-0.05, 0) is 110 Å². The first kappa shape index (κ1) is 30.3. The maximum Gasteiger partial charge on any atom is 0.135 e. The van der Waals surface area contributed by atoms with Gasteiger partial charge in [-0.1, -0.05) is 140 Å². The molecule has 0 aliphatic carbocycles. The first-order valence-electron chi connectivity index (χ1n) is 18.1. The second kappa shape index (κ2) is 12.4. The van der Waals surface area contributed by atoms with Crippen molar-refractivity contribution >= 4 is 71.2 Å². The van der Waals surface area contributed by atoms with E-state index in [4.69, 9.17) is 9.41 Å². The predicted molar refractivity (Wildman–Crippen MR) is 221 cm³/mol. The van der Waals surface area contributed by atoms with E-state index in [9.17, 15) is 0 Å². The summed E-state index contributed by atoms with van der Waals surface area (Å²) in [5, 5.41) is 9.69. The molecule has 0 N–H and O–H groups in total. The van der Waals surface area contributed by atoms with Crippen LogP contribution in [0.4, 0.5) is 0 Å². The Morgan fingerprint density at radius 1 is 0.442 bits per heavy atom. The molecule has 0 unspecified atom stereocenters. The topological polar surface area (TPSA) is 25.5 Å². The Hall–Kier alpha value is -6.51. The first-order chi connectivity index (χ1) is 25.7. The van der Waals surface area contributed by atoms with E-state index in [0.29, 0.717) is 0 Å². The summed E-state index contributed by atoms with van der Waals surface area (Å²) in [5.74, 6) is 0. The Labute approximate surface area is 302 Å². The number of hydrogen-bond acceptors (Lipinski definition) is 2. The number of allylic oxidation sites excluding steroid dienone is 3. The highest BCUT2D eigenvalue weighted by Gasteiger charge is 2.19. The van der Waals surface area contributed by atoms with Crippen molar-refractivity contribution in [1.29, 1.82) is 0 Å². The summed E-state index contributed by atoms with van der Waals surface area (Å²) in [6.07, 6.45) is 4.24. The van der Waals surface area contributed by atoms with Crippen LogP contribution in [0.25, 0.3) is 76.7 Å². The van der Waals surface area contributed by atoms with Crippen molar-refractivity contribution in [3.8, 4) is 11.1 Å². The minimum Gasteiger partial charge on any atom is -0.456 e. The third-order valence-corrected chi connectivity index (χ3v) is 10.8. The van der Waals surface area contributed by atoms with E-state index in [0.717, 1.165) is 57.3 Å². The predicted octanol–water partition coefficient (Wildman–Crippen LogP) is 13.8. The van der Waals surface area contributed by atoms with Crippen LogP contribution in [0.5, 0.6) is 0 Å². The minimum atomic E-state index is 0.908. The molecule has 0 spiro atoms. The SMILES string of the molecule is C/C1=C(c2ccccc2)/N=C(c2cccc3c4ccccc4c4ccc(-c5ccc6oc7ccccc7c6c5)cc4c23)/C=C(/c2ccccc2)CC1. The van der Waals surface area contributed by atoms with Crippen molar-refractivity contribution < 1.29 is 4.42 Å². The molecule has 2 heterocycles. The summed E-state index contributed by atoms with van der Waals surface area (Å²) >= 11 is 0. The number of hydrogen-bond donors (Lipinski definition) is 0. The zero-order valence-corrected chi connectivity index (χ0v) is 28.9. The number of para-hydroxylation sites is 1. The van der Waals surface area contributed by atoms with Crippen LogP contribution in [0.2, 0.25) is 0 Å². The standard InChI is InChI=1S/C50H35NO/c1-32-23-24-37(33-13-4-2-5-14-33)31-46(51-50(32)34-15-6-3-7-16-34)43-21-12-20-42-39-18-9-8-17-38(39)40-27-25-35(30-45(40)49(42)43)36-26-28-48-44(29-36)41-19-10-11-22-47(41)52-48/h2-22,25-31H,23-24H2,1H3/b37-31+,50-32-,51-46-. The van der Waals surface area contributed by atoms with Crippen molar-refractivity contribution in [2.24, 2.45) is 4.99 Å². The Morgan fingerprint density at radius 3 is 1.83 bits per heavy atom. The van der Waals surface area contributed by atoms with Gasteiger partial charge in [0.2, 0.25) is 0 Å². The van der Waals surface area contributed by atoms with E-state index >= 15 is 0 Å². The fourth-order valence-corrected chi connectivity index (χ4v) is 8.16. The molecule has 52 heavy (non-hydrogen) atoms. The van der Waals surface area contributed by atoms with E-state index in [1.54, 1.807) is 0 Å². The second-order valence-electron chi connectivity index (χ2n) is 13.9. The van der Waals surface area contributed by atoms with Crippen LogP contribution >= 0.6 is 0 Å². The van der Waals surface area contributed by atoms with Gasteiger partial charge in [-0.25, -0.2) is 4.99 Å². The molecule has 2 heteroatoms. The molecule has 0 saturated heterocycles. The van der Waals surface area contributed by atoms with Gasteiger partial charge < -0.3 is 4.42 Å². The number of furan rings is 1. The van der Waals surface area contributed by atoms with Gasteiger partial charge in [0.15, 0.2) is 0 Å². The number of aliphatic imine (C=N–C) groups is 1. The van der Waals surface area contributed by atoms with Gasteiger partial charge in [0.05, 0.1) is 11.4 Å². The summed E-state index contributed by atoms with van der Waals surface area (Å²) < 4.78 is 6.19. The molecule has 1 aliphatic heterocycles. The largest absolute Gasteiger partial charge is 0.456 e. The second-order valence-corrected chi connectivity index (χ2v) is 13.9. The fraction of sp³-hybridized carbons (Fsp3) is 0.0600. The van der Waals surface area contributed by atoms with Crippen molar-refractivity contribution in [3.05, 3.63) is 192 Å². The van der Waals surface area contributed by atoms with Gasteiger partial charge >= 0.3 is 0 Å². The van der Waals surface area contributed by atoms with Gasteiger partial charge in [0.25, 0.3) is 0 Å².